The van der Waals surface area contributed by atoms with E-state index in [-0.39, 0.29) is 18.1 Å². The highest BCUT2D eigenvalue weighted by Gasteiger charge is 2.55. The van der Waals surface area contributed by atoms with Gasteiger partial charge in [0, 0.05) is 31.5 Å². The van der Waals surface area contributed by atoms with Crippen molar-refractivity contribution < 1.29 is 28.6 Å². The number of hydrogen-bond acceptors (Lipinski definition) is 4. The molecule has 4 rings (SSSR count). The van der Waals surface area contributed by atoms with Crippen molar-refractivity contribution in [3.8, 4) is 11.1 Å². The number of aromatic nitrogens is 2. The SMILES string of the molecule is CC(=O)N1c2ccc(-c3cnn(CC(C)(C)O)c3)cc2N(C(=O)O)C(C2CC(F)(F)C2)[C@@H]1C. The second-order valence-electron chi connectivity index (χ2n) is 9.74. The lowest BCUT2D eigenvalue weighted by molar-refractivity contribution is -0.121. The normalized spacial score (nSPS) is 22.6. The first-order valence-electron chi connectivity index (χ1n) is 10.9. The van der Waals surface area contributed by atoms with Gasteiger partial charge in [0.25, 0.3) is 0 Å². The summed E-state index contributed by atoms with van der Waals surface area (Å²) in [6.07, 6.45) is 1.29. The Morgan fingerprint density at radius 2 is 1.85 bits per heavy atom. The smallest absolute Gasteiger partial charge is 0.412 e. The van der Waals surface area contributed by atoms with Gasteiger partial charge in [0.05, 0.1) is 41.8 Å². The molecule has 2 atom stereocenters. The Morgan fingerprint density at radius 1 is 1.18 bits per heavy atom. The van der Waals surface area contributed by atoms with Crippen molar-refractivity contribution in [3.05, 3.63) is 30.6 Å². The van der Waals surface area contributed by atoms with Gasteiger partial charge in [-0.25, -0.2) is 13.6 Å². The standard InChI is InChI=1S/C23H28F2N4O4/c1-13-20(16-8-23(24,25)9-16)29(21(31)32)19-7-15(5-6-18(19)28(13)14(2)30)17-10-26-27(11-17)12-22(3,4)33/h5-7,10-11,13,16,20,33H,8-9,12H2,1-4H3,(H,31,32)/t13-,20?/m0/s1. The maximum atomic E-state index is 13.7. The Morgan fingerprint density at radius 3 is 2.39 bits per heavy atom. The predicted molar refractivity (Wildman–Crippen MR) is 119 cm³/mol. The van der Waals surface area contributed by atoms with Crippen LogP contribution in [-0.4, -0.2) is 55.6 Å². The molecule has 8 nitrogen and oxygen atoms in total. The van der Waals surface area contributed by atoms with Crippen LogP contribution in [0.4, 0.5) is 25.0 Å². The van der Waals surface area contributed by atoms with Crippen molar-refractivity contribution >= 4 is 23.4 Å². The molecule has 0 spiro atoms. The third-order valence-corrected chi connectivity index (χ3v) is 6.36. The van der Waals surface area contributed by atoms with Gasteiger partial charge in [-0.1, -0.05) is 6.07 Å². The number of amides is 2. The van der Waals surface area contributed by atoms with Crippen LogP contribution in [0.1, 0.15) is 40.5 Å². The molecule has 2 heterocycles. The molecule has 10 heteroatoms. The fourth-order valence-electron chi connectivity index (χ4n) is 5.08. The lowest BCUT2D eigenvalue weighted by Gasteiger charge is -2.52. The van der Waals surface area contributed by atoms with Crippen molar-refractivity contribution in [1.29, 1.82) is 0 Å². The number of anilines is 2. The van der Waals surface area contributed by atoms with E-state index in [0.29, 0.717) is 16.8 Å². The zero-order valence-corrected chi connectivity index (χ0v) is 19.0. The Labute approximate surface area is 190 Å². The number of alkyl halides is 2. The highest BCUT2D eigenvalue weighted by molar-refractivity contribution is 6.03. The first-order valence-corrected chi connectivity index (χ1v) is 10.9. The van der Waals surface area contributed by atoms with Crippen LogP contribution in [-0.2, 0) is 11.3 Å². The summed E-state index contributed by atoms with van der Waals surface area (Å²) in [4.78, 5) is 27.5. The largest absolute Gasteiger partial charge is 0.465 e. The van der Waals surface area contributed by atoms with Crippen LogP contribution in [0.2, 0.25) is 0 Å². The molecule has 0 bridgehead atoms. The highest BCUT2D eigenvalue weighted by Crippen LogP contribution is 2.51. The predicted octanol–water partition coefficient (Wildman–Crippen LogP) is 3.97. The van der Waals surface area contributed by atoms with Gasteiger partial charge in [-0.2, -0.15) is 5.10 Å². The van der Waals surface area contributed by atoms with Crippen LogP contribution in [0, 0.1) is 5.92 Å². The van der Waals surface area contributed by atoms with Crippen molar-refractivity contribution in [2.45, 2.75) is 70.7 Å². The van der Waals surface area contributed by atoms with Gasteiger partial charge >= 0.3 is 6.09 Å². The molecule has 2 amide bonds. The van der Waals surface area contributed by atoms with Crippen LogP contribution in [0.15, 0.2) is 30.6 Å². The van der Waals surface area contributed by atoms with E-state index in [0.717, 1.165) is 4.90 Å². The first-order chi connectivity index (χ1) is 15.3. The first kappa shape index (κ1) is 23.2. The Kier molecular flexibility index (Phi) is 5.47. The van der Waals surface area contributed by atoms with E-state index in [9.17, 15) is 28.6 Å². The molecule has 2 aliphatic rings. The number of benzene rings is 1. The van der Waals surface area contributed by atoms with E-state index in [2.05, 4.69) is 5.10 Å². The number of aliphatic hydroxyl groups is 1. The summed E-state index contributed by atoms with van der Waals surface area (Å²) < 4.78 is 29.0. The molecule has 1 aliphatic carbocycles. The second-order valence-corrected chi connectivity index (χ2v) is 9.74. The molecule has 1 saturated carbocycles. The maximum Gasteiger partial charge on any atom is 0.412 e. The molecule has 1 aliphatic heterocycles. The van der Waals surface area contributed by atoms with Crippen molar-refractivity contribution in [2.75, 3.05) is 9.80 Å². The van der Waals surface area contributed by atoms with Gasteiger partial charge in [-0.05, 0) is 44.4 Å². The fraction of sp³-hybridized carbons (Fsp3) is 0.522. The van der Waals surface area contributed by atoms with Crippen LogP contribution in [0.3, 0.4) is 0 Å². The van der Waals surface area contributed by atoms with Crippen LogP contribution in [0.25, 0.3) is 11.1 Å². The number of carboxylic acid groups (broad SMARTS) is 1. The van der Waals surface area contributed by atoms with Crippen molar-refractivity contribution in [2.24, 2.45) is 5.92 Å². The van der Waals surface area contributed by atoms with Crippen LogP contribution in [0.5, 0.6) is 0 Å². The Balaban J connectivity index is 1.78. The van der Waals surface area contributed by atoms with E-state index in [1.54, 1.807) is 56.0 Å². The van der Waals surface area contributed by atoms with E-state index >= 15 is 0 Å². The van der Waals surface area contributed by atoms with Crippen LogP contribution < -0.4 is 9.80 Å². The lowest BCUT2D eigenvalue weighted by Crippen LogP contribution is -2.63. The van der Waals surface area contributed by atoms with Crippen LogP contribution >= 0.6 is 0 Å². The van der Waals surface area contributed by atoms with Gasteiger partial charge in [0.15, 0.2) is 0 Å². The second kappa shape index (κ2) is 7.79. The molecule has 1 aromatic heterocycles. The summed E-state index contributed by atoms with van der Waals surface area (Å²) in [6.45, 7) is 6.69. The maximum absolute atomic E-state index is 13.7. The van der Waals surface area contributed by atoms with Gasteiger partial charge in [0.1, 0.15) is 0 Å². The topological polar surface area (TPSA) is 98.9 Å². The number of rotatable bonds is 4. The zero-order valence-electron chi connectivity index (χ0n) is 19.0. The van der Waals surface area contributed by atoms with Gasteiger partial charge < -0.3 is 15.1 Å². The summed E-state index contributed by atoms with van der Waals surface area (Å²) in [5.74, 6) is -3.65. The molecule has 1 fully saturated rings. The van der Waals surface area contributed by atoms with E-state index in [1.165, 1.54) is 11.8 Å². The summed E-state index contributed by atoms with van der Waals surface area (Å²) in [7, 11) is 0. The minimum atomic E-state index is -2.81. The molecule has 2 aromatic rings. The molecule has 178 valence electrons. The fourth-order valence-corrected chi connectivity index (χ4v) is 5.08. The van der Waals surface area contributed by atoms with E-state index in [1.807, 2.05) is 0 Å². The lowest BCUT2D eigenvalue weighted by atomic mass is 9.72. The molecule has 0 saturated heterocycles. The third-order valence-electron chi connectivity index (χ3n) is 6.36. The molecule has 1 unspecified atom stereocenters. The quantitative estimate of drug-likeness (QED) is 0.716. The number of hydrogen-bond donors (Lipinski definition) is 2. The third kappa shape index (κ3) is 4.31. The highest BCUT2D eigenvalue weighted by atomic mass is 19.3. The molecular formula is C23H28F2N4O4. The van der Waals surface area contributed by atoms with Crippen molar-refractivity contribution in [1.82, 2.24) is 9.78 Å². The molecule has 1 aromatic carbocycles. The average Bonchev–Trinajstić information content (AvgIpc) is 3.10. The molecular weight excluding hydrogens is 434 g/mol. The summed E-state index contributed by atoms with van der Waals surface area (Å²) >= 11 is 0. The number of carbonyl (C=O) groups is 2. The summed E-state index contributed by atoms with van der Waals surface area (Å²) in [6, 6.07) is 3.72. The molecule has 0 radical (unpaired) electrons. The summed E-state index contributed by atoms with van der Waals surface area (Å²) in [5.41, 5.74) is 1.11. The number of carbonyl (C=O) groups excluding carboxylic acids is 1. The molecule has 2 N–H and O–H groups in total. The van der Waals surface area contributed by atoms with Gasteiger partial charge in [-0.3, -0.25) is 14.4 Å². The monoisotopic (exact) mass is 462 g/mol. The average molecular weight is 462 g/mol. The number of nitrogens with zero attached hydrogens (tertiary/aromatic N) is 4. The Hall–Kier alpha value is -3.01. The number of fused-ring (bicyclic) bond motifs is 1. The number of halogens is 2. The van der Waals surface area contributed by atoms with E-state index < -0.39 is 48.5 Å². The van der Waals surface area contributed by atoms with Gasteiger partial charge in [-0.15, -0.1) is 0 Å². The summed E-state index contributed by atoms with van der Waals surface area (Å²) in [5, 5.41) is 24.4. The van der Waals surface area contributed by atoms with E-state index in [4.69, 9.17) is 0 Å². The minimum absolute atomic E-state index is 0.271. The van der Waals surface area contributed by atoms with Crippen molar-refractivity contribution in [3.63, 3.8) is 0 Å². The molecule has 33 heavy (non-hydrogen) atoms. The minimum Gasteiger partial charge on any atom is -0.465 e. The van der Waals surface area contributed by atoms with Gasteiger partial charge in [0.2, 0.25) is 11.8 Å². The Bertz CT molecular complexity index is 1090. The zero-order chi connectivity index (χ0) is 24.3.